The van der Waals surface area contributed by atoms with Crippen LogP contribution in [0.15, 0.2) is 24.3 Å². The van der Waals surface area contributed by atoms with Crippen molar-refractivity contribution in [2.45, 2.75) is 46.1 Å². The monoisotopic (exact) mass is 247 g/mol. The van der Waals surface area contributed by atoms with Gasteiger partial charge in [0.05, 0.1) is 0 Å². The minimum atomic E-state index is 0.345. The molecular formula is C16H25NO. The topological polar surface area (TPSA) is 32.3 Å². The summed E-state index contributed by atoms with van der Waals surface area (Å²) in [6.07, 6.45) is 3.64. The number of rotatable bonds is 4. The Morgan fingerprint density at radius 2 is 1.89 bits per heavy atom. The van der Waals surface area contributed by atoms with Crippen molar-refractivity contribution >= 4 is 0 Å². The highest BCUT2D eigenvalue weighted by atomic mass is 16.3. The van der Waals surface area contributed by atoms with Gasteiger partial charge in [-0.15, -0.1) is 0 Å². The van der Waals surface area contributed by atoms with Crippen molar-refractivity contribution in [3.8, 4) is 5.75 Å². The third kappa shape index (κ3) is 3.49. The molecule has 2 atom stereocenters. The number of aromatic hydroxyl groups is 1. The van der Waals surface area contributed by atoms with E-state index in [0.29, 0.717) is 17.2 Å². The zero-order valence-electron chi connectivity index (χ0n) is 11.7. The van der Waals surface area contributed by atoms with E-state index in [1.807, 2.05) is 12.1 Å². The number of phenolic OH excluding ortho intramolecular Hbond substituents is 1. The molecule has 0 bridgehead atoms. The van der Waals surface area contributed by atoms with Crippen LogP contribution in [-0.4, -0.2) is 17.7 Å². The summed E-state index contributed by atoms with van der Waals surface area (Å²) in [5.74, 6) is 1.12. The van der Waals surface area contributed by atoms with E-state index in [9.17, 15) is 5.11 Å². The molecule has 1 saturated carbocycles. The Kier molecular flexibility index (Phi) is 3.96. The first-order chi connectivity index (χ1) is 8.46. The Morgan fingerprint density at radius 1 is 1.22 bits per heavy atom. The van der Waals surface area contributed by atoms with Crippen molar-refractivity contribution in [3.05, 3.63) is 29.8 Å². The van der Waals surface area contributed by atoms with Crippen LogP contribution in [0, 0.1) is 11.3 Å². The zero-order chi connectivity index (χ0) is 13.2. The highest BCUT2D eigenvalue weighted by molar-refractivity contribution is 5.26. The zero-order valence-corrected chi connectivity index (χ0v) is 11.7. The Morgan fingerprint density at radius 3 is 2.44 bits per heavy atom. The van der Waals surface area contributed by atoms with Crippen LogP contribution in [-0.2, 0) is 6.42 Å². The fraction of sp³-hybridized carbons (Fsp3) is 0.625. The average molecular weight is 247 g/mol. The third-order valence-corrected chi connectivity index (χ3v) is 4.09. The summed E-state index contributed by atoms with van der Waals surface area (Å²) < 4.78 is 0. The van der Waals surface area contributed by atoms with Gasteiger partial charge in [-0.1, -0.05) is 32.9 Å². The molecule has 2 heteroatoms. The summed E-state index contributed by atoms with van der Waals surface area (Å²) in [6.45, 7) is 8.11. The number of nitrogens with one attached hydrogen (secondary N) is 1. The maximum atomic E-state index is 9.23. The van der Waals surface area contributed by atoms with Gasteiger partial charge in [0, 0.05) is 6.04 Å². The Balaban J connectivity index is 1.77. The van der Waals surface area contributed by atoms with Crippen LogP contribution in [0.2, 0.25) is 0 Å². The molecule has 0 saturated heterocycles. The molecule has 0 amide bonds. The molecule has 1 fully saturated rings. The molecule has 0 aromatic heterocycles. The van der Waals surface area contributed by atoms with Gasteiger partial charge < -0.3 is 10.4 Å². The highest BCUT2D eigenvalue weighted by Gasteiger charge is 2.35. The summed E-state index contributed by atoms with van der Waals surface area (Å²) in [6, 6.07) is 8.18. The first-order valence-corrected chi connectivity index (χ1v) is 6.98. The van der Waals surface area contributed by atoms with E-state index in [1.165, 1.54) is 18.4 Å². The second kappa shape index (κ2) is 5.31. The summed E-state index contributed by atoms with van der Waals surface area (Å²) in [4.78, 5) is 0. The van der Waals surface area contributed by atoms with E-state index in [-0.39, 0.29) is 0 Å². The van der Waals surface area contributed by atoms with Crippen LogP contribution in [0.4, 0.5) is 0 Å². The molecule has 2 nitrogen and oxygen atoms in total. The van der Waals surface area contributed by atoms with Crippen LogP contribution in [0.25, 0.3) is 0 Å². The second-order valence-corrected chi connectivity index (χ2v) is 6.53. The largest absolute Gasteiger partial charge is 0.508 e. The molecule has 0 aliphatic heterocycles. The van der Waals surface area contributed by atoms with Gasteiger partial charge in [-0.25, -0.2) is 0 Å². The normalized spacial score (nSPS) is 26.4. The first kappa shape index (κ1) is 13.4. The fourth-order valence-corrected chi connectivity index (χ4v) is 3.23. The van der Waals surface area contributed by atoms with Crippen LogP contribution >= 0.6 is 0 Å². The van der Waals surface area contributed by atoms with Gasteiger partial charge in [0.15, 0.2) is 0 Å². The third-order valence-electron chi connectivity index (χ3n) is 4.09. The lowest BCUT2D eigenvalue weighted by Gasteiger charge is -2.18. The van der Waals surface area contributed by atoms with Gasteiger partial charge in [0.25, 0.3) is 0 Å². The SMILES string of the molecule is CC1CC(C)(C)CC1NCCc1ccc(O)cc1. The lowest BCUT2D eigenvalue weighted by Crippen LogP contribution is -2.33. The van der Waals surface area contributed by atoms with Crippen molar-refractivity contribution in [1.82, 2.24) is 5.32 Å². The van der Waals surface area contributed by atoms with E-state index in [2.05, 4.69) is 26.1 Å². The minimum absolute atomic E-state index is 0.345. The van der Waals surface area contributed by atoms with Crippen molar-refractivity contribution in [1.29, 1.82) is 0 Å². The van der Waals surface area contributed by atoms with Gasteiger partial charge >= 0.3 is 0 Å². The molecule has 2 N–H and O–H groups in total. The molecule has 0 spiro atoms. The summed E-state index contributed by atoms with van der Waals surface area (Å²) >= 11 is 0. The van der Waals surface area contributed by atoms with Crippen LogP contribution in [0.5, 0.6) is 5.75 Å². The number of benzene rings is 1. The summed E-state index contributed by atoms with van der Waals surface area (Å²) in [7, 11) is 0. The van der Waals surface area contributed by atoms with Gasteiger partial charge in [-0.3, -0.25) is 0 Å². The smallest absolute Gasteiger partial charge is 0.115 e. The van der Waals surface area contributed by atoms with E-state index < -0.39 is 0 Å². The molecule has 2 rings (SSSR count). The summed E-state index contributed by atoms with van der Waals surface area (Å²) in [5, 5.41) is 12.9. The van der Waals surface area contributed by atoms with E-state index >= 15 is 0 Å². The number of hydrogen-bond donors (Lipinski definition) is 2. The van der Waals surface area contributed by atoms with Gasteiger partial charge in [0.1, 0.15) is 5.75 Å². The lowest BCUT2D eigenvalue weighted by atomic mass is 9.91. The molecular weight excluding hydrogens is 222 g/mol. The Hall–Kier alpha value is -1.02. The first-order valence-electron chi connectivity index (χ1n) is 6.98. The fourth-order valence-electron chi connectivity index (χ4n) is 3.23. The lowest BCUT2D eigenvalue weighted by molar-refractivity contribution is 0.362. The molecule has 1 aromatic carbocycles. The number of hydrogen-bond acceptors (Lipinski definition) is 2. The molecule has 1 aliphatic carbocycles. The number of phenols is 1. The molecule has 0 radical (unpaired) electrons. The highest BCUT2D eigenvalue weighted by Crippen LogP contribution is 2.40. The molecule has 100 valence electrons. The standard InChI is InChI=1S/C16H25NO/c1-12-10-16(2,3)11-15(12)17-9-8-13-4-6-14(18)7-5-13/h4-7,12,15,17-18H,8-11H2,1-3H3. The van der Waals surface area contributed by atoms with Crippen LogP contribution < -0.4 is 5.32 Å². The van der Waals surface area contributed by atoms with Crippen molar-refractivity contribution < 1.29 is 5.11 Å². The van der Waals surface area contributed by atoms with Crippen molar-refractivity contribution in [2.75, 3.05) is 6.54 Å². The molecule has 0 heterocycles. The molecule has 1 aliphatic rings. The summed E-state index contributed by atoms with van der Waals surface area (Å²) in [5.41, 5.74) is 1.78. The second-order valence-electron chi connectivity index (χ2n) is 6.53. The minimum Gasteiger partial charge on any atom is -0.508 e. The quantitative estimate of drug-likeness (QED) is 0.855. The van der Waals surface area contributed by atoms with E-state index in [1.54, 1.807) is 12.1 Å². The Labute approximate surface area is 110 Å². The van der Waals surface area contributed by atoms with Crippen molar-refractivity contribution in [2.24, 2.45) is 11.3 Å². The molecule has 1 aromatic rings. The maximum Gasteiger partial charge on any atom is 0.115 e. The van der Waals surface area contributed by atoms with E-state index in [0.717, 1.165) is 18.9 Å². The maximum absolute atomic E-state index is 9.23. The van der Waals surface area contributed by atoms with Gasteiger partial charge in [-0.05, 0) is 54.8 Å². The predicted molar refractivity (Wildman–Crippen MR) is 75.8 cm³/mol. The van der Waals surface area contributed by atoms with Gasteiger partial charge in [0.2, 0.25) is 0 Å². The molecule has 2 unspecified atom stereocenters. The Bertz CT molecular complexity index is 383. The van der Waals surface area contributed by atoms with Crippen LogP contribution in [0.3, 0.4) is 0 Å². The van der Waals surface area contributed by atoms with Crippen molar-refractivity contribution in [3.63, 3.8) is 0 Å². The van der Waals surface area contributed by atoms with Crippen LogP contribution in [0.1, 0.15) is 39.2 Å². The average Bonchev–Trinajstić information content (AvgIpc) is 2.55. The van der Waals surface area contributed by atoms with Gasteiger partial charge in [-0.2, -0.15) is 0 Å². The molecule has 18 heavy (non-hydrogen) atoms. The van der Waals surface area contributed by atoms with E-state index in [4.69, 9.17) is 0 Å². The predicted octanol–water partition coefficient (Wildman–Crippen LogP) is 3.35.